The topological polar surface area (TPSA) is 28.2 Å². The van der Waals surface area contributed by atoms with E-state index in [-0.39, 0.29) is 0 Å². The van der Waals surface area contributed by atoms with Gasteiger partial charge in [-0.3, -0.25) is 0 Å². The van der Waals surface area contributed by atoms with E-state index in [1.54, 1.807) is 0 Å². The predicted octanol–water partition coefficient (Wildman–Crippen LogP) is 1.98. The van der Waals surface area contributed by atoms with E-state index in [1.807, 2.05) is 0 Å². The number of hydrogen-bond donors (Lipinski definition) is 1. The summed E-state index contributed by atoms with van der Waals surface area (Å²) in [5.41, 5.74) is 1.75. The normalized spacial score (nSPS) is 21.8. The van der Waals surface area contributed by atoms with Crippen molar-refractivity contribution in [2.24, 2.45) is 0 Å². The predicted molar refractivity (Wildman–Crippen MR) is 70.4 cm³/mol. The summed E-state index contributed by atoms with van der Waals surface area (Å²) in [6.45, 7) is 2.35. The number of pyridine rings is 1. The Bertz CT molecular complexity index is 375. The van der Waals surface area contributed by atoms with Gasteiger partial charge in [0.05, 0.1) is 0 Å². The molecule has 1 aromatic heterocycles. The minimum absolute atomic E-state index is 0.386. The largest absolute Gasteiger partial charge is 0.357 e. The summed E-state index contributed by atoms with van der Waals surface area (Å²) in [6, 6.07) is 4.43. The zero-order chi connectivity index (χ0) is 11.7. The van der Waals surface area contributed by atoms with Gasteiger partial charge in [-0.25, -0.2) is 4.98 Å². The molecule has 1 saturated heterocycles. The third kappa shape index (κ3) is 2.29. The molecule has 1 aliphatic carbocycles. The molecule has 3 heteroatoms. The molecule has 2 aliphatic rings. The average Bonchev–Trinajstić information content (AvgIpc) is 2.92. The second kappa shape index (κ2) is 4.30. The molecular formula is C14H21N3. The maximum Gasteiger partial charge on any atom is 0.128 e. The van der Waals surface area contributed by atoms with Gasteiger partial charge in [0.1, 0.15) is 5.82 Å². The van der Waals surface area contributed by atoms with Crippen LogP contribution in [0.5, 0.6) is 0 Å². The van der Waals surface area contributed by atoms with Crippen LogP contribution >= 0.6 is 0 Å². The molecule has 0 aromatic carbocycles. The van der Waals surface area contributed by atoms with Crippen LogP contribution in [0.15, 0.2) is 18.3 Å². The van der Waals surface area contributed by atoms with Gasteiger partial charge < -0.3 is 10.2 Å². The molecule has 3 rings (SSSR count). The zero-order valence-corrected chi connectivity index (χ0v) is 10.6. The minimum Gasteiger partial charge on any atom is -0.357 e. The smallest absolute Gasteiger partial charge is 0.128 e. The van der Waals surface area contributed by atoms with Crippen molar-refractivity contribution >= 4 is 5.82 Å². The van der Waals surface area contributed by atoms with Crippen LogP contribution in [0.25, 0.3) is 0 Å². The summed E-state index contributed by atoms with van der Waals surface area (Å²) in [7, 11) is 2.07. The molecule has 0 bridgehead atoms. The van der Waals surface area contributed by atoms with Crippen molar-refractivity contribution in [1.29, 1.82) is 0 Å². The number of anilines is 1. The van der Waals surface area contributed by atoms with E-state index in [1.165, 1.54) is 44.3 Å². The van der Waals surface area contributed by atoms with Gasteiger partial charge in [0.25, 0.3) is 0 Å². The first-order valence-corrected chi connectivity index (χ1v) is 6.70. The summed E-state index contributed by atoms with van der Waals surface area (Å²) in [5.74, 6) is 1.15. The second-order valence-electron chi connectivity index (χ2n) is 5.43. The molecule has 1 aliphatic heterocycles. The maximum atomic E-state index is 4.61. The van der Waals surface area contributed by atoms with Gasteiger partial charge in [-0.05, 0) is 50.8 Å². The molecule has 2 fully saturated rings. The van der Waals surface area contributed by atoms with Crippen molar-refractivity contribution in [2.75, 3.05) is 25.0 Å². The standard InChI is InChI=1S/C14H21N3/c1-15-14(6-7-14)10-12-4-5-13(16-11-12)17-8-2-3-9-17/h4-5,11,15H,2-3,6-10H2,1H3. The molecule has 0 radical (unpaired) electrons. The molecule has 2 heterocycles. The second-order valence-corrected chi connectivity index (χ2v) is 5.43. The van der Waals surface area contributed by atoms with Crippen LogP contribution in [0.4, 0.5) is 5.82 Å². The Hall–Kier alpha value is -1.09. The summed E-state index contributed by atoms with van der Waals surface area (Å²) in [5, 5.41) is 3.43. The van der Waals surface area contributed by atoms with Gasteiger partial charge >= 0.3 is 0 Å². The van der Waals surface area contributed by atoms with Gasteiger partial charge in [0.15, 0.2) is 0 Å². The van der Waals surface area contributed by atoms with E-state index in [2.05, 4.69) is 40.6 Å². The summed E-state index contributed by atoms with van der Waals surface area (Å²) in [4.78, 5) is 6.99. The van der Waals surface area contributed by atoms with Gasteiger partial charge in [-0.1, -0.05) is 6.07 Å². The van der Waals surface area contributed by atoms with E-state index in [0.29, 0.717) is 5.54 Å². The van der Waals surface area contributed by atoms with Gasteiger partial charge in [0.2, 0.25) is 0 Å². The number of likely N-dealkylation sites (N-methyl/N-ethyl adjacent to an activating group) is 1. The first-order chi connectivity index (χ1) is 8.31. The van der Waals surface area contributed by atoms with Crippen LogP contribution < -0.4 is 10.2 Å². The zero-order valence-electron chi connectivity index (χ0n) is 10.6. The van der Waals surface area contributed by atoms with Crippen LogP contribution in [0.2, 0.25) is 0 Å². The van der Waals surface area contributed by atoms with Crippen LogP contribution in [-0.4, -0.2) is 30.7 Å². The number of aromatic nitrogens is 1. The van der Waals surface area contributed by atoms with Crippen LogP contribution in [-0.2, 0) is 6.42 Å². The van der Waals surface area contributed by atoms with Crippen LogP contribution in [0.3, 0.4) is 0 Å². The molecule has 0 unspecified atom stereocenters. The third-order valence-corrected chi connectivity index (χ3v) is 4.17. The minimum atomic E-state index is 0.386. The maximum absolute atomic E-state index is 4.61. The fraction of sp³-hybridized carbons (Fsp3) is 0.643. The van der Waals surface area contributed by atoms with Crippen molar-refractivity contribution in [3.8, 4) is 0 Å². The van der Waals surface area contributed by atoms with Crippen molar-refractivity contribution < 1.29 is 0 Å². The molecule has 17 heavy (non-hydrogen) atoms. The Labute approximate surface area is 103 Å². The van der Waals surface area contributed by atoms with Crippen molar-refractivity contribution in [3.63, 3.8) is 0 Å². The van der Waals surface area contributed by atoms with Crippen LogP contribution in [0, 0.1) is 0 Å². The molecule has 3 nitrogen and oxygen atoms in total. The molecule has 1 saturated carbocycles. The molecule has 92 valence electrons. The molecule has 1 aromatic rings. The highest BCUT2D eigenvalue weighted by atomic mass is 15.2. The van der Waals surface area contributed by atoms with E-state index in [0.717, 1.165) is 12.2 Å². The van der Waals surface area contributed by atoms with E-state index in [4.69, 9.17) is 0 Å². The van der Waals surface area contributed by atoms with Crippen molar-refractivity contribution in [3.05, 3.63) is 23.9 Å². The fourth-order valence-electron chi connectivity index (χ4n) is 2.71. The van der Waals surface area contributed by atoms with E-state index in [9.17, 15) is 0 Å². The highest BCUT2D eigenvalue weighted by molar-refractivity contribution is 5.40. The summed E-state index contributed by atoms with van der Waals surface area (Å²) in [6.07, 6.45) is 8.41. The van der Waals surface area contributed by atoms with Gasteiger partial charge in [0, 0.05) is 24.8 Å². The Morgan fingerprint density at radius 3 is 2.59 bits per heavy atom. The van der Waals surface area contributed by atoms with Gasteiger partial charge in [-0.2, -0.15) is 0 Å². The molecular weight excluding hydrogens is 210 g/mol. The van der Waals surface area contributed by atoms with E-state index < -0.39 is 0 Å². The van der Waals surface area contributed by atoms with Gasteiger partial charge in [-0.15, -0.1) is 0 Å². The number of hydrogen-bond acceptors (Lipinski definition) is 3. The lowest BCUT2D eigenvalue weighted by atomic mass is 10.1. The Kier molecular flexibility index (Phi) is 2.79. The number of rotatable bonds is 4. The summed E-state index contributed by atoms with van der Waals surface area (Å²) < 4.78 is 0. The monoisotopic (exact) mass is 231 g/mol. The van der Waals surface area contributed by atoms with Crippen molar-refractivity contribution in [2.45, 2.75) is 37.6 Å². The number of nitrogens with one attached hydrogen (secondary N) is 1. The first-order valence-electron chi connectivity index (χ1n) is 6.70. The van der Waals surface area contributed by atoms with E-state index >= 15 is 0 Å². The fourth-order valence-corrected chi connectivity index (χ4v) is 2.71. The highest BCUT2D eigenvalue weighted by Gasteiger charge is 2.40. The van der Waals surface area contributed by atoms with Crippen molar-refractivity contribution in [1.82, 2.24) is 10.3 Å². The Morgan fingerprint density at radius 2 is 2.06 bits per heavy atom. The lowest BCUT2D eigenvalue weighted by Gasteiger charge is -2.17. The SMILES string of the molecule is CNC1(Cc2ccc(N3CCCC3)nc2)CC1. The molecule has 0 amide bonds. The lowest BCUT2D eigenvalue weighted by Crippen LogP contribution is -2.29. The van der Waals surface area contributed by atoms with Crippen LogP contribution in [0.1, 0.15) is 31.2 Å². The molecule has 0 atom stereocenters. The average molecular weight is 231 g/mol. The Morgan fingerprint density at radius 1 is 1.29 bits per heavy atom. The first kappa shape index (κ1) is 11.0. The third-order valence-electron chi connectivity index (χ3n) is 4.17. The molecule has 1 N–H and O–H groups in total. The summed E-state index contributed by atoms with van der Waals surface area (Å²) >= 11 is 0. The molecule has 0 spiro atoms. The lowest BCUT2D eigenvalue weighted by molar-refractivity contribution is 0.548. The Balaban J connectivity index is 1.67. The number of nitrogens with zero attached hydrogens (tertiary/aromatic N) is 2. The quantitative estimate of drug-likeness (QED) is 0.859. The highest BCUT2D eigenvalue weighted by Crippen LogP contribution is 2.38.